The lowest BCUT2D eigenvalue weighted by Crippen LogP contribution is -2.04. The largest absolute Gasteiger partial charge is 0.496 e. The fourth-order valence-corrected chi connectivity index (χ4v) is 3.52. The maximum absolute atomic E-state index is 11.9. The summed E-state index contributed by atoms with van der Waals surface area (Å²) < 4.78 is 31.2. The molecule has 1 heterocycles. The number of ether oxygens (including phenoxy) is 6. The number of rotatable bonds is 4. The number of hydrogen-bond acceptors (Lipinski definition) is 8. The molecule has 1 aliphatic heterocycles. The summed E-state index contributed by atoms with van der Waals surface area (Å²) in [6.07, 6.45) is 0. The highest BCUT2D eigenvalue weighted by Crippen LogP contribution is 2.34. The molecule has 0 radical (unpaired) electrons. The number of carbonyl (C=O) groups is 2. The highest BCUT2D eigenvalue weighted by Gasteiger charge is 2.17. The Balaban J connectivity index is 1.71. The summed E-state index contributed by atoms with van der Waals surface area (Å²) >= 11 is 0. The maximum atomic E-state index is 11.9. The lowest BCUT2D eigenvalue weighted by Gasteiger charge is -2.07. The van der Waals surface area contributed by atoms with Crippen molar-refractivity contribution in [1.29, 1.82) is 0 Å². The molecule has 0 aromatic heterocycles. The van der Waals surface area contributed by atoms with Crippen molar-refractivity contribution in [3.63, 3.8) is 0 Å². The van der Waals surface area contributed by atoms with Gasteiger partial charge in [0, 0.05) is 34.4 Å². The van der Waals surface area contributed by atoms with Crippen LogP contribution < -0.4 is 18.9 Å². The third-order valence-corrected chi connectivity index (χ3v) is 5.41. The van der Waals surface area contributed by atoms with Gasteiger partial charge in [0.2, 0.25) is 6.79 Å². The van der Waals surface area contributed by atoms with Gasteiger partial charge in [-0.1, -0.05) is 23.7 Å². The fraction of sp³-hybridized carbons (Fsp3) is 0.172. The molecule has 0 atom stereocenters. The maximum Gasteiger partial charge on any atom is 0.341 e. The monoisotopic (exact) mass is 498 g/mol. The van der Waals surface area contributed by atoms with Crippen molar-refractivity contribution >= 4 is 11.9 Å². The molecule has 0 amide bonds. The van der Waals surface area contributed by atoms with E-state index in [0.29, 0.717) is 56.4 Å². The summed E-state index contributed by atoms with van der Waals surface area (Å²) in [6, 6.07) is 13.4. The Morgan fingerprint density at radius 2 is 1.08 bits per heavy atom. The highest BCUT2D eigenvalue weighted by molar-refractivity contribution is 5.93. The second kappa shape index (κ2) is 11.1. The van der Waals surface area contributed by atoms with Crippen molar-refractivity contribution in [2.24, 2.45) is 0 Å². The number of esters is 2. The summed E-state index contributed by atoms with van der Waals surface area (Å²) in [7, 11) is 5.55. The zero-order valence-corrected chi connectivity index (χ0v) is 20.6. The minimum Gasteiger partial charge on any atom is -0.496 e. The molecule has 0 unspecified atom stereocenters. The number of benzene rings is 3. The van der Waals surface area contributed by atoms with Crippen molar-refractivity contribution in [2.45, 2.75) is 0 Å². The SMILES string of the molecule is COC(=O)c1ccc(C#Cc2cc3c(cc2C#Cc2ccc(C(=O)OC)c(OC)c2)OCO3)cc1OC. The van der Waals surface area contributed by atoms with Crippen LogP contribution >= 0.6 is 0 Å². The van der Waals surface area contributed by atoms with Gasteiger partial charge in [-0.15, -0.1) is 0 Å². The zero-order valence-electron chi connectivity index (χ0n) is 20.6. The summed E-state index contributed by atoms with van der Waals surface area (Å²) in [6.45, 7) is 0.109. The first-order valence-corrected chi connectivity index (χ1v) is 11.0. The van der Waals surface area contributed by atoms with Crippen LogP contribution in [0.3, 0.4) is 0 Å². The molecule has 8 heteroatoms. The molecule has 8 nitrogen and oxygen atoms in total. The van der Waals surface area contributed by atoms with E-state index in [-0.39, 0.29) is 6.79 Å². The lowest BCUT2D eigenvalue weighted by atomic mass is 10.0. The van der Waals surface area contributed by atoms with Crippen molar-refractivity contribution in [3.05, 3.63) is 81.9 Å². The molecular formula is C29H22O8. The first-order valence-electron chi connectivity index (χ1n) is 11.0. The smallest absolute Gasteiger partial charge is 0.341 e. The van der Waals surface area contributed by atoms with Gasteiger partial charge in [0.05, 0.1) is 28.4 Å². The van der Waals surface area contributed by atoms with Crippen molar-refractivity contribution in [3.8, 4) is 46.7 Å². The van der Waals surface area contributed by atoms with Gasteiger partial charge in [0.15, 0.2) is 11.5 Å². The first kappa shape index (κ1) is 25.0. The number of fused-ring (bicyclic) bond motifs is 1. The predicted molar refractivity (Wildman–Crippen MR) is 133 cm³/mol. The van der Waals surface area contributed by atoms with Gasteiger partial charge in [-0.05, 0) is 36.4 Å². The number of carbonyl (C=O) groups excluding carboxylic acids is 2. The topological polar surface area (TPSA) is 89.5 Å². The van der Waals surface area contributed by atoms with Gasteiger partial charge in [-0.3, -0.25) is 0 Å². The van der Waals surface area contributed by atoms with E-state index in [2.05, 4.69) is 23.7 Å². The Kier molecular flexibility index (Phi) is 7.51. The molecule has 3 aromatic rings. The van der Waals surface area contributed by atoms with Gasteiger partial charge >= 0.3 is 11.9 Å². The molecule has 0 saturated carbocycles. The van der Waals surface area contributed by atoms with E-state index in [1.807, 2.05) is 0 Å². The van der Waals surface area contributed by atoms with E-state index in [1.54, 1.807) is 48.5 Å². The van der Waals surface area contributed by atoms with Gasteiger partial charge < -0.3 is 28.4 Å². The van der Waals surface area contributed by atoms with Gasteiger partial charge in [0.25, 0.3) is 0 Å². The number of hydrogen-bond donors (Lipinski definition) is 0. The quantitative estimate of drug-likeness (QED) is 0.397. The first-order chi connectivity index (χ1) is 18.0. The van der Waals surface area contributed by atoms with Gasteiger partial charge in [-0.25, -0.2) is 9.59 Å². The summed E-state index contributed by atoms with van der Waals surface area (Å²) in [5.74, 6) is 13.2. The average molecular weight is 498 g/mol. The van der Waals surface area contributed by atoms with Crippen LogP contribution in [0.15, 0.2) is 48.5 Å². The zero-order chi connectivity index (χ0) is 26.4. The Morgan fingerprint density at radius 1 is 0.649 bits per heavy atom. The molecular weight excluding hydrogens is 476 g/mol. The Morgan fingerprint density at radius 3 is 1.46 bits per heavy atom. The molecule has 0 N–H and O–H groups in total. The molecule has 0 aliphatic carbocycles. The average Bonchev–Trinajstić information content (AvgIpc) is 3.40. The Hall–Kier alpha value is -5.08. The van der Waals surface area contributed by atoms with E-state index in [0.717, 1.165) is 0 Å². The van der Waals surface area contributed by atoms with Crippen molar-refractivity contribution < 1.29 is 38.0 Å². The standard InChI is InChI=1S/C29H22O8/c1-32-24-13-18(7-11-22(24)28(30)34-3)5-9-20-15-26-27(37-17-36-26)16-21(20)10-6-19-8-12-23(29(31)35-4)25(14-19)33-2/h7-8,11-16H,17H2,1-4H3. The van der Waals surface area contributed by atoms with E-state index in [4.69, 9.17) is 28.4 Å². The van der Waals surface area contributed by atoms with E-state index >= 15 is 0 Å². The van der Waals surface area contributed by atoms with Crippen LogP contribution in [0.4, 0.5) is 0 Å². The second-order valence-corrected chi connectivity index (χ2v) is 7.56. The van der Waals surface area contributed by atoms with Gasteiger partial charge in [-0.2, -0.15) is 0 Å². The van der Waals surface area contributed by atoms with Crippen LogP contribution in [0.1, 0.15) is 43.0 Å². The fourth-order valence-electron chi connectivity index (χ4n) is 3.52. The second-order valence-electron chi connectivity index (χ2n) is 7.56. The molecule has 3 aromatic carbocycles. The summed E-state index contributed by atoms with van der Waals surface area (Å²) in [5, 5.41) is 0. The third kappa shape index (κ3) is 5.44. The van der Waals surface area contributed by atoms with Crippen molar-refractivity contribution in [2.75, 3.05) is 35.2 Å². The highest BCUT2D eigenvalue weighted by atomic mass is 16.7. The van der Waals surface area contributed by atoms with Crippen molar-refractivity contribution in [1.82, 2.24) is 0 Å². The molecule has 0 fully saturated rings. The van der Waals surface area contributed by atoms with Crippen LogP contribution in [0, 0.1) is 23.7 Å². The predicted octanol–water partition coefficient (Wildman–Crippen LogP) is 3.81. The number of methoxy groups -OCH3 is 4. The minimum atomic E-state index is -0.499. The summed E-state index contributed by atoms with van der Waals surface area (Å²) in [5.41, 5.74) is 3.10. The Bertz CT molecular complexity index is 1390. The Labute approximate surface area is 214 Å². The third-order valence-electron chi connectivity index (χ3n) is 5.41. The molecule has 0 spiro atoms. The minimum absolute atomic E-state index is 0.109. The van der Waals surface area contributed by atoms with E-state index in [9.17, 15) is 9.59 Å². The van der Waals surface area contributed by atoms with Crippen LogP contribution in [-0.4, -0.2) is 47.2 Å². The molecule has 1 aliphatic rings. The van der Waals surface area contributed by atoms with E-state index < -0.39 is 11.9 Å². The van der Waals surface area contributed by atoms with Gasteiger partial charge in [0.1, 0.15) is 22.6 Å². The van der Waals surface area contributed by atoms with Crippen LogP contribution in [-0.2, 0) is 9.47 Å². The van der Waals surface area contributed by atoms with Crippen LogP contribution in [0.2, 0.25) is 0 Å². The summed E-state index contributed by atoms with van der Waals surface area (Å²) in [4.78, 5) is 23.8. The molecule has 0 saturated heterocycles. The lowest BCUT2D eigenvalue weighted by molar-refractivity contribution is 0.0588. The molecule has 0 bridgehead atoms. The van der Waals surface area contributed by atoms with Crippen LogP contribution in [0.25, 0.3) is 0 Å². The van der Waals surface area contributed by atoms with Crippen LogP contribution in [0.5, 0.6) is 23.0 Å². The molecule has 37 heavy (non-hydrogen) atoms. The molecule has 186 valence electrons. The van der Waals surface area contributed by atoms with E-state index in [1.165, 1.54) is 28.4 Å². The molecule has 4 rings (SSSR count). The normalized spacial score (nSPS) is 10.8.